The summed E-state index contributed by atoms with van der Waals surface area (Å²) in [5.74, 6) is 1.01. The number of nitrogens with two attached hydrogens (primary N) is 1. The summed E-state index contributed by atoms with van der Waals surface area (Å²) in [4.78, 5) is 6.78. The molecular formula is C17H22BrN3. The third-order valence-corrected chi connectivity index (χ3v) is 4.17. The van der Waals surface area contributed by atoms with Crippen molar-refractivity contribution in [3.8, 4) is 0 Å². The molecule has 2 N–H and O–H groups in total. The van der Waals surface area contributed by atoms with E-state index in [0.29, 0.717) is 0 Å². The number of hydrogen-bond donors (Lipinski definition) is 1. The van der Waals surface area contributed by atoms with Crippen LogP contribution in [0.3, 0.4) is 0 Å². The van der Waals surface area contributed by atoms with Gasteiger partial charge in [-0.15, -0.1) is 0 Å². The van der Waals surface area contributed by atoms with Crippen LogP contribution in [0.5, 0.6) is 0 Å². The molecule has 0 radical (unpaired) electrons. The predicted octanol–water partition coefficient (Wildman–Crippen LogP) is 3.68. The lowest BCUT2D eigenvalue weighted by Gasteiger charge is -2.21. The molecule has 0 amide bonds. The molecule has 1 heterocycles. The van der Waals surface area contributed by atoms with Crippen molar-refractivity contribution in [2.75, 3.05) is 11.9 Å². The number of halogens is 1. The molecular weight excluding hydrogens is 326 g/mol. The fourth-order valence-corrected chi connectivity index (χ4v) is 2.88. The maximum atomic E-state index is 5.85. The first-order valence-corrected chi connectivity index (χ1v) is 7.92. The number of aryl methyl sites for hydroxylation is 1. The topological polar surface area (TPSA) is 42.1 Å². The van der Waals surface area contributed by atoms with Gasteiger partial charge in [0.05, 0.1) is 0 Å². The molecule has 0 fully saturated rings. The van der Waals surface area contributed by atoms with Crippen molar-refractivity contribution in [2.45, 2.75) is 32.9 Å². The standard InChI is InChI=1S/C17H22BrN3/c1-12-8-14(9-13(2)19)10-20-17(12)21(3)11-15-6-4-5-7-16(15)18/h4-8,10,13H,9,11,19H2,1-3H3. The largest absolute Gasteiger partial charge is 0.355 e. The van der Waals surface area contributed by atoms with E-state index in [1.54, 1.807) is 0 Å². The molecule has 0 aliphatic carbocycles. The highest BCUT2D eigenvalue weighted by Gasteiger charge is 2.10. The molecule has 0 saturated carbocycles. The van der Waals surface area contributed by atoms with Crippen molar-refractivity contribution < 1.29 is 0 Å². The Labute approximate surface area is 135 Å². The van der Waals surface area contributed by atoms with Gasteiger partial charge in [-0.05, 0) is 43.0 Å². The van der Waals surface area contributed by atoms with Crippen LogP contribution in [0.25, 0.3) is 0 Å². The summed E-state index contributed by atoms with van der Waals surface area (Å²) < 4.78 is 1.13. The minimum absolute atomic E-state index is 0.162. The van der Waals surface area contributed by atoms with Crippen LogP contribution >= 0.6 is 15.9 Å². The Morgan fingerprint density at radius 1 is 1.33 bits per heavy atom. The van der Waals surface area contributed by atoms with Gasteiger partial charge in [0.25, 0.3) is 0 Å². The Morgan fingerprint density at radius 2 is 2.05 bits per heavy atom. The fourth-order valence-electron chi connectivity index (χ4n) is 2.47. The normalized spacial score (nSPS) is 12.2. The summed E-state index contributed by atoms with van der Waals surface area (Å²) in [6, 6.07) is 10.6. The van der Waals surface area contributed by atoms with E-state index in [2.05, 4.69) is 64.1 Å². The van der Waals surface area contributed by atoms with Gasteiger partial charge in [0.15, 0.2) is 0 Å². The lowest BCUT2D eigenvalue weighted by atomic mass is 10.1. The van der Waals surface area contributed by atoms with Gasteiger partial charge in [-0.2, -0.15) is 0 Å². The van der Waals surface area contributed by atoms with Gasteiger partial charge < -0.3 is 10.6 Å². The van der Waals surface area contributed by atoms with Crippen molar-refractivity contribution >= 4 is 21.7 Å². The number of hydrogen-bond acceptors (Lipinski definition) is 3. The van der Waals surface area contributed by atoms with E-state index in [9.17, 15) is 0 Å². The van der Waals surface area contributed by atoms with Crippen molar-refractivity contribution in [1.29, 1.82) is 0 Å². The molecule has 1 aromatic heterocycles. The van der Waals surface area contributed by atoms with E-state index in [0.717, 1.165) is 23.3 Å². The van der Waals surface area contributed by atoms with Gasteiger partial charge in [-0.1, -0.05) is 40.2 Å². The monoisotopic (exact) mass is 347 g/mol. The van der Waals surface area contributed by atoms with Gasteiger partial charge in [-0.25, -0.2) is 4.98 Å². The highest BCUT2D eigenvalue weighted by molar-refractivity contribution is 9.10. The zero-order chi connectivity index (χ0) is 15.4. The molecule has 1 unspecified atom stereocenters. The van der Waals surface area contributed by atoms with E-state index in [1.165, 1.54) is 16.7 Å². The molecule has 0 spiro atoms. The molecule has 0 bridgehead atoms. The number of benzene rings is 1. The van der Waals surface area contributed by atoms with Crippen LogP contribution in [0.1, 0.15) is 23.6 Å². The van der Waals surface area contributed by atoms with E-state index in [-0.39, 0.29) is 6.04 Å². The highest BCUT2D eigenvalue weighted by atomic mass is 79.9. The van der Waals surface area contributed by atoms with Gasteiger partial charge in [0.2, 0.25) is 0 Å². The first-order valence-electron chi connectivity index (χ1n) is 7.13. The zero-order valence-corrected chi connectivity index (χ0v) is 14.4. The van der Waals surface area contributed by atoms with Crippen LogP contribution in [-0.2, 0) is 13.0 Å². The van der Waals surface area contributed by atoms with Gasteiger partial charge in [0.1, 0.15) is 5.82 Å². The lowest BCUT2D eigenvalue weighted by Crippen LogP contribution is -2.20. The Bertz CT molecular complexity index is 611. The second-order valence-corrected chi connectivity index (χ2v) is 6.47. The third kappa shape index (κ3) is 4.29. The van der Waals surface area contributed by atoms with E-state index in [4.69, 9.17) is 5.73 Å². The van der Waals surface area contributed by atoms with E-state index in [1.807, 2.05) is 19.2 Å². The summed E-state index contributed by atoms with van der Waals surface area (Å²) in [5.41, 5.74) is 9.48. The fraction of sp³-hybridized carbons (Fsp3) is 0.353. The van der Waals surface area contributed by atoms with E-state index < -0.39 is 0 Å². The van der Waals surface area contributed by atoms with Crippen LogP contribution in [0.4, 0.5) is 5.82 Å². The third-order valence-electron chi connectivity index (χ3n) is 3.39. The predicted molar refractivity (Wildman–Crippen MR) is 92.6 cm³/mol. The number of pyridine rings is 1. The van der Waals surface area contributed by atoms with Gasteiger partial charge in [0, 0.05) is 30.3 Å². The number of anilines is 1. The second kappa shape index (κ2) is 7.05. The van der Waals surface area contributed by atoms with Crippen LogP contribution in [-0.4, -0.2) is 18.1 Å². The summed E-state index contributed by atoms with van der Waals surface area (Å²) in [5, 5.41) is 0. The maximum absolute atomic E-state index is 5.85. The quantitative estimate of drug-likeness (QED) is 0.896. The summed E-state index contributed by atoms with van der Waals surface area (Å²) in [6.45, 7) is 4.94. The van der Waals surface area contributed by atoms with Crippen LogP contribution in [0.15, 0.2) is 41.0 Å². The molecule has 2 aromatic rings. The molecule has 0 aliphatic rings. The molecule has 3 nitrogen and oxygen atoms in total. The highest BCUT2D eigenvalue weighted by Crippen LogP contribution is 2.22. The first-order chi connectivity index (χ1) is 9.97. The molecule has 4 heteroatoms. The second-order valence-electron chi connectivity index (χ2n) is 5.61. The Kier molecular flexibility index (Phi) is 5.37. The maximum Gasteiger partial charge on any atom is 0.131 e. The molecule has 1 aromatic carbocycles. The van der Waals surface area contributed by atoms with Crippen molar-refractivity contribution in [1.82, 2.24) is 4.98 Å². The minimum Gasteiger partial charge on any atom is -0.355 e. The van der Waals surface area contributed by atoms with Crippen LogP contribution in [0.2, 0.25) is 0 Å². The number of aromatic nitrogens is 1. The van der Waals surface area contributed by atoms with Crippen molar-refractivity contribution in [3.05, 3.63) is 57.7 Å². The summed E-state index contributed by atoms with van der Waals surface area (Å²) in [6.07, 6.45) is 2.80. The number of nitrogens with zero attached hydrogens (tertiary/aromatic N) is 2. The Hall–Kier alpha value is -1.39. The number of rotatable bonds is 5. The van der Waals surface area contributed by atoms with Gasteiger partial charge >= 0.3 is 0 Å². The molecule has 112 valence electrons. The molecule has 21 heavy (non-hydrogen) atoms. The smallest absolute Gasteiger partial charge is 0.131 e. The van der Waals surface area contributed by atoms with Gasteiger partial charge in [-0.3, -0.25) is 0 Å². The lowest BCUT2D eigenvalue weighted by molar-refractivity contribution is 0.734. The zero-order valence-electron chi connectivity index (χ0n) is 12.8. The molecule has 0 aliphatic heterocycles. The van der Waals surface area contributed by atoms with Crippen molar-refractivity contribution in [2.24, 2.45) is 5.73 Å². The molecule has 0 saturated heterocycles. The summed E-state index contributed by atoms with van der Waals surface area (Å²) in [7, 11) is 2.07. The minimum atomic E-state index is 0.162. The first kappa shape index (κ1) is 16.0. The SMILES string of the molecule is Cc1cc(CC(C)N)cnc1N(C)Cc1ccccc1Br. The average molecular weight is 348 g/mol. The van der Waals surface area contributed by atoms with Crippen LogP contribution in [0, 0.1) is 6.92 Å². The Balaban J connectivity index is 2.16. The Morgan fingerprint density at radius 3 is 2.67 bits per heavy atom. The molecule has 1 atom stereocenters. The van der Waals surface area contributed by atoms with Crippen molar-refractivity contribution in [3.63, 3.8) is 0 Å². The van der Waals surface area contributed by atoms with Crippen LogP contribution < -0.4 is 10.6 Å². The summed E-state index contributed by atoms with van der Waals surface area (Å²) >= 11 is 3.59. The average Bonchev–Trinajstić information content (AvgIpc) is 2.40. The molecule has 2 rings (SSSR count). The van der Waals surface area contributed by atoms with E-state index >= 15 is 0 Å².